The van der Waals surface area contributed by atoms with Crippen LogP contribution >= 0.6 is 46.4 Å². The standard InChI is InChI=1S/C80H93Cl4N13O25/c1-33(2)20-47(86-5)71(108)93-62-64(103)37-8-12-51(45(83)23-37)118-53-25-39-26-54(68(53)122-78-69(67(106)66(105)55(32-98)120-78)121-57-30-80(4,70(107)34(3)117-57)88-14-15-96-16-18-97(19-17-96)79(115)87-31-35-6-10-43(81)44(82)21-35)119-52-13-9-38(24-46(52)84)65(104)63-76(113)92-61(77(114)95-116)42-27-40(99)28-50(101)58(42)41-22-36(7-11-49(41)100)59(73(110)94-63)91-74(111)60(39)90-72(109)48(29-56(85)102)89-75(62)112/h6-13,21-28,33-34,47-48,55,57,59-67,69-70,78,86,88,98-101,103-107,116H,14-20,29-32H2,1-5H3,(H2,85,102)(H,87,115)(H,89,112)(H,90,109)(H,91,111)(H,92,113)(H,93,108)(H,94,110)(H,95,114)/t34-,47+,48-,55+,57-,59+,60+,61+,62+,63-,64+,65+,66+,67-,69+,70+,78-,80-/m0/s1. The lowest BCUT2D eigenvalue weighted by Gasteiger charge is -2.48. The third kappa shape index (κ3) is 20.3. The number of ether oxygens (including phenoxy) is 6. The van der Waals surface area contributed by atoms with E-state index in [4.69, 9.17) is 80.6 Å². The van der Waals surface area contributed by atoms with Crippen LogP contribution in [-0.4, -0.2) is 246 Å². The first-order chi connectivity index (χ1) is 57.9. The average Bonchev–Trinajstić information content (AvgIpc) is 0.764. The van der Waals surface area contributed by atoms with E-state index < -0.39 is 237 Å². The number of phenols is 3. The van der Waals surface area contributed by atoms with Gasteiger partial charge in [-0.15, -0.1) is 0 Å². The summed E-state index contributed by atoms with van der Waals surface area (Å²) in [7, 11) is 1.47. The van der Waals surface area contributed by atoms with Gasteiger partial charge in [0, 0.05) is 75.0 Å². The van der Waals surface area contributed by atoms with Gasteiger partial charge in [-0.3, -0.25) is 48.5 Å². The number of aliphatic hydroxyl groups is 6. The van der Waals surface area contributed by atoms with Crippen molar-refractivity contribution < 1.29 is 123 Å². The van der Waals surface area contributed by atoms with Crippen LogP contribution in [0.3, 0.4) is 0 Å². The number of piperazine rings is 1. The van der Waals surface area contributed by atoms with E-state index in [9.17, 15) is 75.1 Å². The van der Waals surface area contributed by atoms with Crippen molar-refractivity contribution in [3.63, 3.8) is 0 Å². The number of fused-ring (bicyclic) bond motifs is 15. The second-order valence-electron chi connectivity index (χ2n) is 30.9. The number of hydrogen-bond donors (Lipinski definition) is 21. The predicted octanol–water partition coefficient (Wildman–Crippen LogP) is 1.99. The minimum Gasteiger partial charge on any atom is -0.508 e. The van der Waals surface area contributed by atoms with Crippen molar-refractivity contribution in [2.24, 2.45) is 11.7 Å². The zero-order valence-corrected chi connectivity index (χ0v) is 69.0. The molecule has 8 aliphatic heterocycles. The molecule has 14 rings (SSSR count). The number of carbonyl (C=O) groups is 9. The number of benzene rings is 6. The van der Waals surface area contributed by atoms with Crippen molar-refractivity contribution in [2.45, 2.75) is 163 Å². The Balaban J connectivity index is 0.980. The van der Waals surface area contributed by atoms with Gasteiger partial charge in [-0.25, -0.2) is 10.3 Å². The number of hydroxylamine groups is 1. The van der Waals surface area contributed by atoms with Crippen LogP contribution < -0.4 is 73.3 Å². The molecule has 0 saturated carbocycles. The summed E-state index contributed by atoms with van der Waals surface area (Å²) < 4.78 is 39.5. The number of nitrogens with two attached hydrogens (primary N) is 1. The fraction of sp³-hybridized carbons (Fsp3) is 0.438. The topological polar surface area (TPSA) is 564 Å². The Bertz CT molecular complexity index is 4980. The van der Waals surface area contributed by atoms with Crippen molar-refractivity contribution in [1.29, 1.82) is 0 Å². The first-order valence-corrected chi connectivity index (χ1v) is 40.3. The number of aliphatic hydroxyl groups excluding tert-OH is 6. The van der Waals surface area contributed by atoms with Crippen LogP contribution in [0.4, 0.5) is 4.79 Å². The van der Waals surface area contributed by atoms with Crippen molar-refractivity contribution in [1.82, 2.24) is 63.1 Å². The monoisotopic (exact) mass is 1780 g/mol. The Kier molecular flexibility index (Phi) is 28.9. The number of halogens is 4. The summed E-state index contributed by atoms with van der Waals surface area (Å²) in [5.74, 6) is -15.7. The number of rotatable bonds is 19. The van der Waals surface area contributed by atoms with Gasteiger partial charge in [-0.05, 0) is 133 Å². The Labute approximate surface area is 716 Å². The Hall–Kier alpha value is -10.2. The number of nitrogens with one attached hydrogen (secondary N) is 10. The van der Waals surface area contributed by atoms with E-state index in [0.29, 0.717) is 42.8 Å². The zero-order valence-electron chi connectivity index (χ0n) is 66.0. The summed E-state index contributed by atoms with van der Waals surface area (Å²) >= 11 is 26.6. The van der Waals surface area contributed by atoms with Crippen molar-refractivity contribution in [2.75, 3.05) is 52.9 Å². The van der Waals surface area contributed by atoms with Gasteiger partial charge in [0.2, 0.25) is 53.4 Å². The average molecular weight is 1780 g/mol. The minimum atomic E-state index is -2.38. The molecule has 22 N–H and O–H groups in total. The maximum atomic E-state index is 16.3. The fourth-order valence-corrected chi connectivity index (χ4v) is 16.1. The lowest BCUT2D eigenvalue weighted by Crippen LogP contribution is -2.66. The fourth-order valence-electron chi connectivity index (χ4n) is 15.3. The molecule has 0 aromatic heterocycles. The molecule has 8 heterocycles. The number of urea groups is 1. The SMILES string of the molecule is CN[C@H](CC(C)C)C(=O)N[C@H]1C(=O)N[C@@H](CC(N)=O)C(=O)N[C@H]2C(=O)N[C@H]3C(=O)N[C@H](C(=O)N[C@@H](C(=O)NO)c4cc(O)cc(O)c4-c4cc3ccc4O)[C@H](O)c3ccc(c(Cl)c3)Oc3cc2cc(c3O[C@@H]2O[C@H](CO)[C@@H](O)[C@H](O)[C@H]2O[C@H]2C[C@](C)(NCCN3CCN(C(=O)NCc4ccc(Cl)c(Cl)c4)CC3)[C@H](O)[C@H](C)O2)Oc2ccc(cc2Cl)[C@H]1O. The highest BCUT2D eigenvalue weighted by atomic mass is 35.5. The third-order valence-electron chi connectivity index (χ3n) is 21.9. The predicted molar refractivity (Wildman–Crippen MR) is 432 cm³/mol. The molecule has 656 valence electrons. The number of primary amides is 1. The molecule has 0 radical (unpaired) electrons. The van der Waals surface area contributed by atoms with Crippen molar-refractivity contribution in [3.8, 4) is 57.1 Å². The first kappa shape index (κ1) is 91.0. The third-order valence-corrected chi connectivity index (χ3v) is 23.2. The van der Waals surface area contributed by atoms with E-state index in [0.717, 1.165) is 72.3 Å². The molecule has 3 saturated heterocycles. The van der Waals surface area contributed by atoms with Crippen LogP contribution in [0.1, 0.15) is 111 Å². The van der Waals surface area contributed by atoms with E-state index in [1.807, 2.05) is 13.8 Å². The van der Waals surface area contributed by atoms with Crippen LogP contribution in [0.5, 0.6) is 46.0 Å². The largest absolute Gasteiger partial charge is 0.508 e. The van der Waals surface area contributed by atoms with Crippen LogP contribution in [0.25, 0.3) is 11.1 Å². The van der Waals surface area contributed by atoms with Gasteiger partial charge in [0.15, 0.2) is 23.9 Å². The minimum absolute atomic E-state index is 0.115. The van der Waals surface area contributed by atoms with Gasteiger partial charge in [-0.1, -0.05) is 84.5 Å². The van der Waals surface area contributed by atoms with E-state index in [1.165, 1.54) is 24.7 Å². The van der Waals surface area contributed by atoms with E-state index in [-0.39, 0.29) is 65.3 Å². The second-order valence-corrected chi connectivity index (χ2v) is 32.6. The summed E-state index contributed by atoms with van der Waals surface area (Å²) in [6.07, 6.45) is -18.8. The number of nitrogens with zero attached hydrogens (tertiary/aromatic N) is 2. The quantitative estimate of drug-likeness (QED) is 0.0407. The molecule has 8 aliphatic rings. The molecule has 6 aromatic rings. The van der Waals surface area contributed by atoms with Gasteiger partial charge in [0.1, 0.15) is 95.5 Å². The summed E-state index contributed by atoms with van der Waals surface area (Å²) in [5, 5.41) is 140. The van der Waals surface area contributed by atoms with Gasteiger partial charge >= 0.3 is 6.03 Å². The Morgan fingerprint density at radius 2 is 1.32 bits per heavy atom. The molecule has 122 heavy (non-hydrogen) atoms. The molecule has 10 amide bonds. The highest BCUT2D eigenvalue weighted by Crippen LogP contribution is 2.50. The first-order valence-electron chi connectivity index (χ1n) is 38.8. The van der Waals surface area contributed by atoms with Crippen molar-refractivity contribution >= 4 is 99.7 Å². The van der Waals surface area contributed by atoms with Gasteiger partial charge < -0.3 is 133 Å². The molecule has 38 nitrogen and oxygen atoms in total. The Morgan fingerprint density at radius 1 is 0.680 bits per heavy atom. The van der Waals surface area contributed by atoms with E-state index in [1.54, 1.807) is 36.9 Å². The summed E-state index contributed by atoms with van der Waals surface area (Å²) in [6.45, 7) is 8.60. The van der Waals surface area contributed by atoms with Crippen LogP contribution in [-0.2, 0) is 59.1 Å². The molecule has 6 aromatic carbocycles. The molecular formula is C80H93Cl4N13O25. The number of aromatic hydroxyl groups is 3. The molecule has 0 spiro atoms. The number of phenolic OH excluding ortho intramolecular Hbond substituents is 3. The number of hydrogen-bond acceptors (Lipinski definition) is 28. The Morgan fingerprint density at radius 3 is 1.94 bits per heavy atom. The second kappa shape index (κ2) is 38.7. The van der Waals surface area contributed by atoms with E-state index in [2.05, 4.69) is 52.8 Å². The van der Waals surface area contributed by atoms with E-state index >= 15 is 19.2 Å². The molecule has 0 aliphatic carbocycles. The van der Waals surface area contributed by atoms with Gasteiger partial charge in [0.25, 0.3) is 5.91 Å². The summed E-state index contributed by atoms with van der Waals surface area (Å²) in [5.41, 5.74) is 3.86. The lowest BCUT2D eigenvalue weighted by molar-refractivity contribution is -0.334. The summed E-state index contributed by atoms with van der Waals surface area (Å²) in [4.78, 5) is 136. The highest BCUT2D eigenvalue weighted by Gasteiger charge is 2.52. The maximum absolute atomic E-state index is 16.3. The lowest BCUT2D eigenvalue weighted by atomic mass is 9.85. The maximum Gasteiger partial charge on any atom is 0.317 e. The highest BCUT2D eigenvalue weighted by molar-refractivity contribution is 6.42. The number of amides is 10. The zero-order chi connectivity index (χ0) is 88.2. The van der Waals surface area contributed by atoms with Crippen LogP contribution in [0.15, 0.2) is 97.1 Å². The van der Waals surface area contributed by atoms with Gasteiger partial charge in [-0.2, -0.15) is 0 Å². The molecular weight excluding hydrogens is 1680 g/mol. The van der Waals surface area contributed by atoms with Crippen LogP contribution in [0, 0.1) is 5.92 Å². The summed E-state index contributed by atoms with van der Waals surface area (Å²) in [6, 6.07) is 4.15. The molecule has 0 unspecified atom stereocenters. The van der Waals surface area contributed by atoms with Crippen LogP contribution in [0.2, 0.25) is 20.1 Å². The number of carbonyl (C=O) groups excluding carboxylic acids is 9. The molecule has 18 atom stereocenters. The van der Waals surface area contributed by atoms with Crippen molar-refractivity contribution in [3.05, 3.63) is 151 Å². The molecule has 3 fully saturated rings. The number of likely N-dealkylation sites (N-methyl/N-ethyl adjacent to an activating group) is 1. The molecule has 42 heteroatoms. The normalized spacial score (nSPS) is 27.3. The molecule has 11 bridgehead atoms. The van der Waals surface area contributed by atoms with Gasteiger partial charge in [0.05, 0.1) is 51.4 Å². The smallest absolute Gasteiger partial charge is 0.317 e.